The van der Waals surface area contributed by atoms with Crippen molar-refractivity contribution < 1.29 is 14.3 Å². The SMILES string of the molecule is CCOC(=O)C1CCN(Cn2nnn(-c3ccc(OC)cc3)c2=S)CC1. The Kier molecular flexibility index (Phi) is 6.00. The number of piperidine rings is 1. The lowest BCUT2D eigenvalue weighted by Crippen LogP contribution is -2.38. The van der Waals surface area contributed by atoms with Crippen LogP contribution in [0.1, 0.15) is 19.8 Å². The van der Waals surface area contributed by atoms with E-state index in [0.717, 1.165) is 37.4 Å². The fourth-order valence-corrected chi connectivity index (χ4v) is 3.24. The van der Waals surface area contributed by atoms with Gasteiger partial charge >= 0.3 is 5.97 Å². The monoisotopic (exact) mass is 377 g/mol. The minimum absolute atomic E-state index is 0.00541. The summed E-state index contributed by atoms with van der Waals surface area (Å²) >= 11 is 5.51. The zero-order valence-electron chi connectivity index (χ0n) is 15.0. The molecule has 0 saturated carbocycles. The van der Waals surface area contributed by atoms with Gasteiger partial charge in [0.05, 0.1) is 32.0 Å². The van der Waals surface area contributed by atoms with Crippen molar-refractivity contribution >= 4 is 18.2 Å². The number of ether oxygens (including phenoxy) is 2. The molecule has 0 aliphatic carbocycles. The molecule has 0 unspecified atom stereocenters. The first kappa shape index (κ1) is 18.5. The molecule has 0 N–H and O–H groups in total. The summed E-state index contributed by atoms with van der Waals surface area (Å²) in [5.74, 6) is 0.681. The first-order chi connectivity index (χ1) is 12.6. The van der Waals surface area contributed by atoms with E-state index in [1.54, 1.807) is 16.5 Å². The van der Waals surface area contributed by atoms with Gasteiger partial charge in [-0.3, -0.25) is 9.69 Å². The Labute approximate surface area is 157 Å². The summed E-state index contributed by atoms with van der Waals surface area (Å²) in [6.07, 6.45) is 1.58. The molecule has 26 heavy (non-hydrogen) atoms. The second kappa shape index (κ2) is 8.41. The molecule has 8 nitrogen and oxygen atoms in total. The van der Waals surface area contributed by atoms with Gasteiger partial charge in [-0.05, 0) is 66.7 Å². The number of methoxy groups -OCH3 is 1. The Morgan fingerprint density at radius 3 is 2.54 bits per heavy atom. The maximum Gasteiger partial charge on any atom is 0.309 e. The molecule has 1 fully saturated rings. The number of rotatable bonds is 6. The van der Waals surface area contributed by atoms with Gasteiger partial charge in [0.1, 0.15) is 5.75 Å². The molecule has 0 radical (unpaired) electrons. The number of carbonyl (C=O) groups is 1. The predicted octanol–water partition coefficient (Wildman–Crippen LogP) is 2.04. The molecule has 3 rings (SSSR count). The van der Waals surface area contributed by atoms with E-state index in [1.807, 2.05) is 31.2 Å². The lowest BCUT2D eigenvalue weighted by Gasteiger charge is -2.30. The number of hydrogen-bond donors (Lipinski definition) is 0. The van der Waals surface area contributed by atoms with Crippen LogP contribution in [0.3, 0.4) is 0 Å². The van der Waals surface area contributed by atoms with Crippen LogP contribution in [0.2, 0.25) is 0 Å². The van der Waals surface area contributed by atoms with E-state index in [2.05, 4.69) is 15.3 Å². The maximum atomic E-state index is 11.8. The van der Waals surface area contributed by atoms with E-state index >= 15 is 0 Å². The summed E-state index contributed by atoms with van der Waals surface area (Å²) in [5, 5.41) is 8.33. The maximum absolute atomic E-state index is 11.8. The average Bonchev–Trinajstić information content (AvgIpc) is 3.03. The van der Waals surface area contributed by atoms with Crippen molar-refractivity contribution in [3.63, 3.8) is 0 Å². The number of aromatic nitrogens is 4. The fourth-order valence-electron chi connectivity index (χ4n) is 3.01. The summed E-state index contributed by atoms with van der Waals surface area (Å²) in [7, 11) is 1.63. The van der Waals surface area contributed by atoms with Crippen LogP contribution in [0.4, 0.5) is 0 Å². The molecule has 1 aliphatic rings. The van der Waals surface area contributed by atoms with Crippen molar-refractivity contribution in [3.05, 3.63) is 29.0 Å². The van der Waals surface area contributed by atoms with Gasteiger partial charge in [0.2, 0.25) is 4.77 Å². The molecule has 1 saturated heterocycles. The van der Waals surface area contributed by atoms with E-state index in [1.165, 1.54) is 0 Å². The van der Waals surface area contributed by atoms with E-state index < -0.39 is 0 Å². The molecule has 9 heteroatoms. The van der Waals surface area contributed by atoms with Gasteiger partial charge in [0.25, 0.3) is 0 Å². The molecule has 2 aromatic rings. The topological polar surface area (TPSA) is 74.4 Å². The van der Waals surface area contributed by atoms with E-state index in [4.69, 9.17) is 21.7 Å². The highest BCUT2D eigenvalue weighted by molar-refractivity contribution is 7.71. The van der Waals surface area contributed by atoms with Gasteiger partial charge < -0.3 is 9.47 Å². The molecular formula is C17H23N5O3S. The van der Waals surface area contributed by atoms with Crippen molar-refractivity contribution in [1.29, 1.82) is 0 Å². The van der Waals surface area contributed by atoms with Crippen molar-refractivity contribution in [1.82, 2.24) is 24.7 Å². The van der Waals surface area contributed by atoms with Crippen LogP contribution in [-0.4, -0.2) is 57.5 Å². The van der Waals surface area contributed by atoms with Crippen molar-refractivity contribution in [2.24, 2.45) is 5.92 Å². The highest BCUT2D eigenvalue weighted by atomic mass is 32.1. The third kappa shape index (κ3) is 4.10. The number of carbonyl (C=O) groups excluding carboxylic acids is 1. The Morgan fingerprint density at radius 2 is 1.92 bits per heavy atom. The Balaban J connectivity index is 1.62. The molecule has 0 bridgehead atoms. The second-order valence-electron chi connectivity index (χ2n) is 6.16. The minimum Gasteiger partial charge on any atom is -0.497 e. The highest BCUT2D eigenvalue weighted by Crippen LogP contribution is 2.19. The summed E-state index contributed by atoms with van der Waals surface area (Å²) in [5.41, 5.74) is 0.836. The summed E-state index contributed by atoms with van der Waals surface area (Å²) < 4.78 is 14.1. The number of benzene rings is 1. The van der Waals surface area contributed by atoms with Crippen LogP contribution in [0.25, 0.3) is 5.69 Å². The molecule has 1 aromatic heterocycles. The van der Waals surface area contributed by atoms with Gasteiger partial charge in [-0.2, -0.15) is 4.68 Å². The van der Waals surface area contributed by atoms with Crippen LogP contribution >= 0.6 is 12.2 Å². The molecule has 0 amide bonds. The average molecular weight is 377 g/mol. The molecule has 2 heterocycles. The Bertz CT molecular complexity index is 793. The van der Waals surface area contributed by atoms with Crippen LogP contribution in [0, 0.1) is 10.7 Å². The van der Waals surface area contributed by atoms with Crippen LogP contribution < -0.4 is 4.74 Å². The number of esters is 1. The van der Waals surface area contributed by atoms with Gasteiger partial charge in [0.15, 0.2) is 0 Å². The van der Waals surface area contributed by atoms with Crippen molar-refractivity contribution in [2.45, 2.75) is 26.4 Å². The highest BCUT2D eigenvalue weighted by Gasteiger charge is 2.26. The van der Waals surface area contributed by atoms with Gasteiger partial charge in [-0.25, -0.2) is 4.68 Å². The standard InChI is InChI=1S/C17H23N5O3S/c1-3-25-16(23)13-8-10-20(11-9-13)12-21-17(26)22(19-18-21)14-4-6-15(24-2)7-5-14/h4-7,13H,3,8-12H2,1-2H3. The lowest BCUT2D eigenvalue weighted by molar-refractivity contribution is -0.149. The zero-order chi connectivity index (χ0) is 18.5. The van der Waals surface area contributed by atoms with Crippen molar-refractivity contribution in [3.8, 4) is 11.4 Å². The van der Waals surface area contributed by atoms with Gasteiger partial charge in [-0.1, -0.05) is 0 Å². The van der Waals surface area contributed by atoms with Crippen LogP contribution in [0.5, 0.6) is 5.75 Å². The normalized spacial score (nSPS) is 15.8. The van der Waals surface area contributed by atoms with E-state index in [0.29, 0.717) is 18.0 Å². The molecular weight excluding hydrogens is 354 g/mol. The Hall–Kier alpha value is -2.26. The first-order valence-corrected chi connectivity index (χ1v) is 9.09. The largest absolute Gasteiger partial charge is 0.497 e. The zero-order valence-corrected chi connectivity index (χ0v) is 15.8. The quantitative estimate of drug-likeness (QED) is 0.563. The van der Waals surface area contributed by atoms with Crippen molar-refractivity contribution in [2.75, 3.05) is 26.8 Å². The lowest BCUT2D eigenvalue weighted by atomic mass is 9.97. The first-order valence-electron chi connectivity index (χ1n) is 8.68. The van der Waals surface area contributed by atoms with E-state index in [-0.39, 0.29) is 11.9 Å². The minimum atomic E-state index is -0.0887. The number of hydrogen-bond acceptors (Lipinski definition) is 7. The molecule has 1 aliphatic heterocycles. The smallest absolute Gasteiger partial charge is 0.309 e. The third-order valence-electron chi connectivity index (χ3n) is 4.50. The summed E-state index contributed by atoms with van der Waals surface area (Å²) in [6, 6.07) is 7.49. The van der Waals surface area contributed by atoms with E-state index in [9.17, 15) is 4.79 Å². The predicted molar refractivity (Wildman–Crippen MR) is 97.7 cm³/mol. The number of nitrogens with zero attached hydrogens (tertiary/aromatic N) is 5. The van der Waals surface area contributed by atoms with Crippen LogP contribution in [-0.2, 0) is 16.2 Å². The second-order valence-corrected chi connectivity index (χ2v) is 6.52. The number of likely N-dealkylation sites (tertiary alicyclic amines) is 1. The molecule has 0 atom stereocenters. The molecule has 140 valence electrons. The van der Waals surface area contributed by atoms with Gasteiger partial charge in [0, 0.05) is 13.1 Å². The fraction of sp³-hybridized carbons (Fsp3) is 0.529. The molecule has 0 spiro atoms. The van der Waals surface area contributed by atoms with Crippen LogP contribution in [0.15, 0.2) is 24.3 Å². The van der Waals surface area contributed by atoms with Gasteiger partial charge in [-0.15, -0.1) is 0 Å². The number of tetrazole rings is 1. The Morgan fingerprint density at radius 1 is 1.23 bits per heavy atom. The molecule has 1 aromatic carbocycles. The third-order valence-corrected chi connectivity index (χ3v) is 4.88. The summed E-state index contributed by atoms with van der Waals surface area (Å²) in [4.78, 5) is 14.0. The summed E-state index contributed by atoms with van der Waals surface area (Å²) in [6.45, 7) is 4.44.